The van der Waals surface area contributed by atoms with Crippen LogP contribution >= 0.6 is 0 Å². The maximum absolute atomic E-state index is 8.83. The first-order valence-corrected chi connectivity index (χ1v) is 6.95. The fourth-order valence-corrected chi connectivity index (χ4v) is 2.32. The van der Waals surface area contributed by atoms with Gasteiger partial charge < -0.3 is 15.0 Å². The van der Waals surface area contributed by atoms with Gasteiger partial charge in [-0.1, -0.05) is 0 Å². The smallest absolute Gasteiger partial charge is 0.144 e. The lowest BCUT2D eigenvalue weighted by Crippen LogP contribution is -2.43. The molecular weight excluding hydrogens is 264 g/mol. The minimum Gasteiger partial charge on any atom is -0.457 e. The highest BCUT2D eigenvalue weighted by atomic mass is 16.5. The van der Waals surface area contributed by atoms with Crippen molar-refractivity contribution in [3.8, 4) is 17.6 Å². The summed E-state index contributed by atoms with van der Waals surface area (Å²) >= 11 is 0. The van der Waals surface area contributed by atoms with Gasteiger partial charge in [-0.25, -0.2) is 4.98 Å². The second-order valence-electron chi connectivity index (χ2n) is 4.82. The minimum atomic E-state index is 0.352. The summed E-state index contributed by atoms with van der Waals surface area (Å²) in [5, 5.41) is 12.2. The van der Waals surface area contributed by atoms with E-state index in [0.717, 1.165) is 31.9 Å². The third-order valence-corrected chi connectivity index (χ3v) is 3.40. The summed E-state index contributed by atoms with van der Waals surface area (Å²) in [5.74, 6) is 1.38. The second kappa shape index (κ2) is 6.25. The minimum absolute atomic E-state index is 0.352. The van der Waals surface area contributed by atoms with Crippen LogP contribution in [0.2, 0.25) is 0 Å². The Morgan fingerprint density at radius 1 is 1.10 bits per heavy atom. The van der Waals surface area contributed by atoms with Crippen LogP contribution in [0.1, 0.15) is 5.69 Å². The first-order chi connectivity index (χ1) is 10.3. The standard InChI is InChI=1S/C16H16N4O/c17-12-13-11-16(5-6-19-13)21-15-3-1-14(2-4-15)20-9-7-18-8-10-20/h1-6,11,18H,7-10H2. The Morgan fingerprint density at radius 3 is 2.57 bits per heavy atom. The number of ether oxygens (including phenoxy) is 1. The van der Waals surface area contributed by atoms with Gasteiger partial charge in [0.05, 0.1) is 0 Å². The average molecular weight is 280 g/mol. The molecule has 0 saturated carbocycles. The van der Waals surface area contributed by atoms with Crippen LogP contribution in [0.3, 0.4) is 0 Å². The molecule has 2 aromatic rings. The van der Waals surface area contributed by atoms with Crippen molar-refractivity contribution in [3.05, 3.63) is 48.3 Å². The Kier molecular flexibility index (Phi) is 3.99. The van der Waals surface area contributed by atoms with Crippen LogP contribution < -0.4 is 15.0 Å². The molecule has 0 radical (unpaired) electrons. The Hall–Kier alpha value is -2.58. The maximum Gasteiger partial charge on any atom is 0.144 e. The molecule has 0 amide bonds. The molecule has 0 bridgehead atoms. The van der Waals surface area contributed by atoms with Crippen molar-refractivity contribution in [2.45, 2.75) is 0 Å². The normalized spacial score (nSPS) is 14.5. The quantitative estimate of drug-likeness (QED) is 0.933. The summed E-state index contributed by atoms with van der Waals surface area (Å²) in [6.07, 6.45) is 1.57. The zero-order valence-electron chi connectivity index (χ0n) is 11.6. The van der Waals surface area contributed by atoms with Gasteiger partial charge in [0.2, 0.25) is 0 Å². The first-order valence-electron chi connectivity index (χ1n) is 6.95. The van der Waals surface area contributed by atoms with E-state index in [2.05, 4.69) is 27.3 Å². The van der Waals surface area contributed by atoms with Crippen LogP contribution in [-0.2, 0) is 0 Å². The SMILES string of the molecule is N#Cc1cc(Oc2ccc(N3CCNCC3)cc2)ccn1. The molecule has 1 aliphatic rings. The Bertz CT molecular complexity index is 642. The van der Waals surface area contributed by atoms with E-state index in [1.807, 2.05) is 18.2 Å². The fraction of sp³-hybridized carbons (Fsp3) is 0.250. The molecule has 1 saturated heterocycles. The average Bonchev–Trinajstić information content (AvgIpc) is 2.56. The number of hydrogen-bond acceptors (Lipinski definition) is 5. The summed E-state index contributed by atoms with van der Waals surface area (Å²) in [4.78, 5) is 6.27. The summed E-state index contributed by atoms with van der Waals surface area (Å²) in [6.45, 7) is 4.09. The van der Waals surface area contributed by atoms with E-state index in [0.29, 0.717) is 11.4 Å². The van der Waals surface area contributed by atoms with E-state index in [4.69, 9.17) is 10.00 Å². The molecule has 21 heavy (non-hydrogen) atoms. The molecule has 1 N–H and O–H groups in total. The van der Waals surface area contributed by atoms with E-state index >= 15 is 0 Å². The monoisotopic (exact) mass is 280 g/mol. The number of piperazine rings is 1. The molecule has 5 nitrogen and oxygen atoms in total. The van der Waals surface area contributed by atoms with Gasteiger partial charge in [-0.05, 0) is 30.3 Å². The number of benzene rings is 1. The highest BCUT2D eigenvalue weighted by molar-refractivity contribution is 5.50. The molecule has 1 aliphatic heterocycles. The van der Waals surface area contributed by atoms with Gasteiger partial charge >= 0.3 is 0 Å². The van der Waals surface area contributed by atoms with E-state index in [9.17, 15) is 0 Å². The molecular formula is C16H16N4O. The Morgan fingerprint density at radius 2 is 1.86 bits per heavy atom. The van der Waals surface area contributed by atoms with E-state index in [1.165, 1.54) is 5.69 Å². The molecule has 1 fully saturated rings. The van der Waals surface area contributed by atoms with E-state index in [-0.39, 0.29) is 0 Å². The van der Waals surface area contributed by atoms with Crippen molar-refractivity contribution in [1.29, 1.82) is 5.26 Å². The Labute approximate surface area is 123 Å². The van der Waals surface area contributed by atoms with Crippen LogP contribution in [-0.4, -0.2) is 31.2 Å². The number of rotatable bonds is 3. The third kappa shape index (κ3) is 3.30. The van der Waals surface area contributed by atoms with Gasteiger partial charge in [-0.3, -0.25) is 0 Å². The van der Waals surface area contributed by atoms with Crippen LogP contribution in [0.4, 0.5) is 5.69 Å². The van der Waals surface area contributed by atoms with E-state index in [1.54, 1.807) is 18.3 Å². The largest absolute Gasteiger partial charge is 0.457 e. The number of aromatic nitrogens is 1. The van der Waals surface area contributed by atoms with Crippen LogP contribution in [0.15, 0.2) is 42.6 Å². The molecule has 1 aromatic heterocycles. The predicted molar refractivity (Wildman–Crippen MR) is 80.6 cm³/mol. The van der Waals surface area contributed by atoms with Crippen molar-refractivity contribution in [3.63, 3.8) is 0 Å². The highest BCUT2D eigenvalue weighted by Crippen LogP contribution is 2.24. The molecule has 2 heterocycles. The lowest BCUT2D eigenvalue weighted by atomic mass is 10.2. The number of anilines is 1. The molecule has 0 unspecified atom stereocenters. The second-order valence-corrected chi connectivity index (χ2v) is 4.82. The van der Waals surface area contributed by atoms with Gasteiger partial charge in [0.1, 0.15) is 23.3 Å². The number of pyridine rings is 1. The molecule has 106 valence electrons. The van der Waals surface area contributed by atoms with Gasteiger partial charge in [-0.2, -0.15) is 5.26 Å². The maximum atomic E-state index is 8.83. The number of nitrogens with one attached hydrogen (secondary N) is 1. The van der Waals surface area contributed by atoms with Crippen molar-refractivity contribution in [1.82, 2.24) is 10.3 Å². The lowest BCUT2D eigenvalue weighted by molar-refractivity contribution is 0.481. The fourth-order valence-electron chi connectivity index (χ4n) is 2.32. The summed E-state index contributed by atoms with van der Waals surface area (Å²) in [5.41, 5.74) is 1.56. The van der Waals surface area contributed by atoms with E-state index < -0.39 is 0 Å². The molecule has 0 aliphatic carbocycles. The molecule has 0 atom stereocenters. The zero-order chi connectivity index (χ0) is 14.5. The molecule has 5 heteroatoms. The Balaban J connectivity index is 1.70. The topological polar surface area (TPSA) is 61.2 Å². The van der Waals surface area contributed by atoms with Crippen molar-refractivity contribution in [2.75, 3.05) is 31.1 Å². The van der Waals surface area contributed by atoms with Crippen molar-refractivity contribution < 1.29 is 4.74 Å². The van der Waals surface area contributed by atoms with Crippen LogP contribution in [0.25, 0.3) is 0 Å². The zero-order valence-corrected chi connectivity index (χ0v) is 11.6. The van der Waals surface area contributed by atoms with Gasteiger partial charge in [0.15, 0.2) is 0 Å². The third-order valence-electron chi connectivity index (χ3n) is 3.40. The summed E-state index contributed by atoms with van der Waals surface area (Å²) < 4.78 is 5.74. The van der Waals surface area contributed by atoms with Crippen molar-refractivity contribution in [2.24, 2.45) is 0 Å². The summed E-state index contributed by atoms with van der Waals surface area (Å²) in [6, 6.07) is 13.4. The summed E-state index contributed by atoms with van der Waals surface area (Å²) in [7, 11) is 0. The molecule has 1 aromatic carbocycles. The molecule has 3 rings (SSSR count). The van der Waals surface area contributed by atoms with Crippen LogP contribution in [0, 0.1) is 11.3 Å². The first kappa shape index (κ1) is 13.4. The van der Waals surface area contributed by atoms with Gasteiger partial charge in [-0.15, -0.1) is 0 Å². The lowest BCUT2D eigenvalue weighted by Gasteiger charge is -2.29. The van der Waals surface area contributed by atoms with Crippen LogP contribution in [0.5, 0.6) is 11.5 Å². The number of hydrogen-bond donors (Lipinski definition) is 1. The highest BCUT2D eigenvalue weighted by Gasteiger charge is 2.10. The number of nitrogens with zero attached hydrogens (tertiary/aromatic N) is 3. The number of nitriles is 1. The predicted octanol–water partition coefficient (Wildman–Crippen LogP) is 2.16. The van der Waals surface area contributed by atoms with Gasteiger partial charge in [0, 0.05) is 44.1 Å². The van der Waals surface area contributed by atoms with Gasteiger partial charge in [0.25, 0.3) is 0 Å². The molecule has 0 spiro atoms. The van der Waals surface area contributed by atoms with Crippen molar-refractivity contribution >= 4 is 5.69 Å².